The lowest BCUT2D eigenvalue weighted by Gasteiger charge is -2.19. The van der Waals surface area contributed by atoms with E-state index >= 15 is 0 Å². The molecule has 0 amide bonds. The van der Waals surface area contributed by atoms with Crippen molar-refractivity contribution in [2.45, 2.75) is 11.3 Å². The molecule has 4 nitrogen and oxygen atoms in total. The zero-order valence-corrected chi connectivity index (χ0v) is 11.1. The quantitative estimate of drug-likeness (QED) is 0.852. The molecular formula is C14H14N2O2S. The molecule has 0 bridgehead atoms. The summed E-state index contributed by atoms with van der Waals surface area (Å²) in [4.78, 5) is 0.310. The highest BCUT2D eigenvalue weighted by Gasteiger charge is 2.31. The maximum atomic E-state index is 12.6. The number of anilines is 2. The first-order valence-corrected chi connectivity index (χ1v) is 7.50. The Bertz CT molecular complexity index is 711. The highest BCUT2D eigenvalue weighted by Crippen LogP contribution is 2.35. The number of benzene rings is 2. The van der Waals surface area contributed by atoms with Crippen molar-refractivity contribution < 1.29 is 8.42 Å². The molecule has 19 heavy (non-hydrogen) atoms. The van der Waals surface area contributed by atoms with E-state index in [2.05, 4.69) is 0 Å². The Morgan fingerprint density at radius 3 is 2.47 bits per heavy atom. The van der Waals surface area contributed by atoms with E-state index in [-0.39, 0.29) is 0 Å². The number of fused-ring (bicyclic) bond motifs is 1. The molecule has 1 heterocycles. The van der Waals surface area contributed by atoms with Gasteiger partial charge in [0.25, 0.3) is 10.0 Å². The Kier molecular flexibility index (Phi) is 2.71. The first-order chi connectivity index (χ1) is 9.10. The molecule has 0 spiro atoms. The first kappa shape index (κ1) is 12.0. The maximum Gasteiger partial charge on any atom is 0.264 e. The van der Waals surface area contributed by atoms with Crippen molar-refractivity contribution in [3.05, 3.63) is 54.1 Å². The van der Waals surface area contributed by atoms with Crippen LogP contribution in [0.25, 0.3) is 0 Å². The molecule has 0 aliphatic carbocycles. The van der Waals surface area contributed by atoms with Crippen molar-refractivity contribution in [2.24, 2.45) is 0 Å². The first-order valence-electron chi connectivity index (χ1n) is 6.06. The highest BCUT2D eigenvalue weighted by molar-refractivity contribution is 7.92. The lowest BCUT2D eigenvalue weighted by molar-refractivity contribution is 0.592. The molecule has 0 unspecified atom stereocenters. The molecule has 0 aromatic heterocycles. The van der Waals surface area contributed by atoms with Crippen LogP contribution < -0.4 is 10.0 Å². The van der Waals surface area contributed by atoms with Crippen LogP contribution in [0.5, 0.6) is 0 Å². The fraction of sp³-hybridized carbons (Fsp3) is 0.143. The van der Waals surface area contributed by atoms with Crippen LogP contribution in [0.3, 0.4) is 0 Å². The number of sulfonamides is 1. The Morgan fingerprint density at radius 1 is 1.00 bits per heavy atom. The molecule has 2 aromatic carbocycles. The SMILES string of the molecule is Nc1cccc2c1CCN2S(=O)(=O)c1ccccc1. The van der Waals surface area contributed by atoms with Crippen molar-refractivity contribution in [3.63, 3.8) is 0 Å². The average molecular weight is 274 g/mol. The van der Waals surface area contributed by atoms with E-state index in [0.717, 1.165) is 5.56 Å². The van der Waals surface area contributed by atoms with Gasteiger partial charge in [0.1, 0.15) is 0 Å². The summed E-state index contributed by atoms with van der Waals surface area (Å²) in [5.41, 5.74) is 8.17. The average Bonchev–Trinajstić information content (AvgIpc) is 2.86. The molecule has 3 rings (SSSR count). The van der Waals surface area contributed by atoms with Crippen LogP contribution >= 0.6 is 0 Å². The molecule has 0 saturated carbocycles. The number of hydrogen-bond donors (Lipinski definition) is 1. The van der Waals surface area contributed by atoms with Gasteiger partial charge in [-0.05, 0) is 30.7 Å². The molecule has 2 N–H and O–H groups in total. The van der Waals surface area contributed by atoms with E-state index in [4.69, 9.17) is 5.73 Å². The molecule has 0 radical (unpaired) electrons. The van der Waals surface area contributed by atoms with E-state index in [9.17, 15) is 8.42 Å². The van der Waals surface area contributed by atoms with Crippen molar-refractivity contribution in [1.29, 1.82) is 0 Å². The van der Waals surface area contributed by atoms with Gasteiger partial charge in [-0.15, -0.1) is 0 Å². The predicted octanol–water partition coefficient (Wildman–Crippen LogP) is 2.02. The molecule has 0 atom stereocenters. The number of rotatable bonds is 2. The second kappa shape index (κ2) is 4.28. The van der Waals surface area contributed by atoms with Gasteiger partial charge in [0, 0.05) is 17.8 Å². The third kappa shape index (κ3) is 1.86. The standard InChI is InChI=1S/C14H14N2O2S/c15-13-7-4-8-14-12(13)9-10-16(14)19(17,18)11-5-2-1-3-6-11/h1-8H,9-10,15H2. The van der Waals surface area contributed by atoms with Gasteiger partial charge in [-0.25, -0.2) is 8.42 Å². The van der Waals surface area contributed by atoms with Crippen LogP contribution in [0.1, 0.15) is 5.56 Å². The Hall–Kier alpha value is -2.01. The van der Waals surface area contributed by atoms with Crippen LogP contribution in [-0.4, -0.2) is 15.0 Å². The maximum absolute atomic E-state index is 12.6. The summed E-state index contributed by atoms with van der Waals surface area (Å²) in [5.74, 6) is 0. The summed E-state index contributed by atoms with van der Waals surface area (Å²) < 4.78 is 26.6. The van der Waals surface area contributed by atoms with E-state index in [0.29, 0.717) is 29.2 Å². The normalized spacial score (nSPS) is 14.4. The van der Waals surface area contributed by atoms with Crippen LogP contribution in [0.15, 0.2) is 53.4 Å². The summed E-state index contributed by atoms with van der Waals surface area (Å²) in [5, 5.41) is 0. The minimum absolute atomic E-state index is 0.310. The van der Waals surface area contributed by atoms with Crippen LogP contribution in [0.2, 0.25) is 0 Å². The Balaban J connectivity index is 2.10. The van der Waals surface area contributed by atoms with Gasteiger partial charge in [0.05, 0.1) is 10.6 Å². The summed E-state index contributed by atoms with van der Waals surface area (Å²) in [7, 11) is -3.49. The van der Waals surface area contributed by atoms with Gasteiger partial charge in [-0.1, -0.05) is 24.3 Å². The molecule has 1 aliphatic rings. The predicted molar refractivity (Wildman–Crippen MR) is 75.5 cm³/mol. The molecule has 5 heteroatoms. The minimum Gasteiger partial charge on any atom is -0.398 e. The zero-order valence-electron chi connectivity index (χ0n) is 10.3. The fourth-order valence-corrected chi connectivity index (χ4v) is 3.92. The minimum atomic E-state index is -3.49. The third-order valence-corrected chi connectivity index (χ3v) is 5.18. The van der Waals surface area contributed by atoms with E-state index < -0.39 is 10.0 Å². The van der Waals surface area contributed by atoms with Crippen LogP contribution in [-0.2, 0) is 16.4 Å². The second-order valence-electron chi connectivity index (χ2n) is 4.49. The summed E-state index contributed by atoms with van der Waals surface area (Å²) in [6.45, 7) is 0.445. The number of nitrogen functional groups attached to an aromatic ring is 1. The second-order valence-corrected chi connectivity index (χ2v) is 6.35. The van der Waals surface area contributed by atoms with Gasteiger partial charge < -0.3 is 5.73 Å². The molecule has 0 fully saturated rings. The van der Waals surface area contributed by atoms with Crippen LogP contribution in [0.4, 0.5) is 11.4 Å². The summed E-state index contributed by atoms with van der Waals surface area (Å²) in [6.07, 6.45) is 0.661. The van der Waals surface area contributed by atoms with Gasteiger partial charge in [-0.3, -0.25) is 4.31 Å². The highest BCUT2D eigenvalue weighted by atomic mass is 32.2. The molecule has 1 aliphatic heterocycles. The van der Waals surface area contributed by atoms with E-state index in [1.165, 1.54) is 4.31 Å². The van der Waals surface area contributed by atoms with Gasteiger partial charge >= 0.3 is 0 Å². The van der Waals surface area contributed by atoms with Crippen molar-refractivity contribution in [1.82, 2.24) is 0 Å². The van der Waals surface area contributed by atoms with Gasteiger partial charge in [0.15, 0.2) is 0 Å². The third-order valence-electron chi connectivity index (χ3n) is 3.35. The van der Waals surface area contributed by atoms with E-state index in [1.54, 1.807) is 48.5 Å². The summed E-state index contributed by atoms with van der Waals surface area (Å²) >= 11 is 0. The van der Waals surface area contributed by atoms with Crippen LogP contribution in [0, 0.1) is 0 Å². The lowest BCUT2D eigenvalue weighted by Crippen LogP contribution is -2.29. The largest absolute Gasteiger partial charge is 0.398 e. The molecule has 2 aromatic rings. The molecular weight excluding hydrogens is 260 g/mol. The number of nitrogens with two attached hydrogens (primary N) is 1. The zero-order chi connectivity index (χ0) is 13.5. The monoisotopic (exact) mass is 274 g/mol. The van der Waals surface area contributed by atoms with Gasteiger partial charge in [0.2, 0.25) is 0 Å². The number of nitrogens with zero attached hydrogens (tertiary/aromatic N) is 1. The summed E-state index contributed by atoms with van der Waals surface area (Å²) in [6, 6.07) is 13.9. The van der Waals surface area contributed by atoms with E-state index in [1.807, 2.05) is 0 Å². The Labute approximate surface area is 112 Å². The van der Waals surface area contributed by atoms with Crippen molar-refractivity contribution >= 4 is 21.4 Å². The Morgan fingerprint density at radius 2 is 1.74 bits per heavy atom. The van der Waals surface area contributed by atoms with Gasteiger partial charge in [-0.2, -0.15) is 0 Å². The molecule has 0 saturated heterocycles. The lowest BCUT2D eigenvalue weighted by atomic mass is 10.1. The molecule has 98 valence electrons. The topological polar surface area (TPSA) is 63.4 Å². The van der Waals surface area contributed by atoms with Crippen molar-refractivity contribution in [3.8, 4) is 0 Å². The fourth-order valence-electron chi connectivity index (χ4n) is 2.40. The smallest absolute Gasteiger partial charge is 0.264 e. The van der Waals surface area contributed by atoms with Crippen molar-refractivity contribution in [2.75, 3.05) is 16.6 Å². The number of hydrogen-bond acceptors (Lipinski definition) is 3.